The lowest BCUT2D eigenvalue weighted by atomic mass is 10.1. The highest BCUT2D eigenvalue weighted by atomic mass is 32.1. The molecule has 0 radical (unpaired) electrons. The largest absolute Gasteiger partial charge is 0.338 e. The van der Waals surface area contributed by atoms with E-state index in [-0.39, 0.29) is 17.6 Å². The third-order valence-corrected chi connectivity index (χ3v) is 4.17. The lowest BCUT2D eigenvalue weighted by Crippen LogP contribution is -2.38. The van der Waals surface area contributed by atoms with Gasteiger partial charge in [-0.05, 0) is 37.0 Å². The van der Waals surface area contributed by atoms with Crippen LogP contribution in [0.1, 0.15) is 39.5 Å². The quantitative estimate of drug-likeness (QED) is 0.862. The van der Waals surface area contributed by atoms with E-state index in [0.717, 1.165) is 41.2 Å². The summed E-state index contributed by atoms with van der Waals surface area (Å²) in [7, 11) is 0. The number of fused-ring (bicyclic) bond motifs is 1. The van der Waals surface area contributed by atoms with Crippen molar-refractivity contribution in [2.75, 3.05) is 0 Å². The van der Waals surface area contributed by atoms with Gasteiger partial charge in [0, 0.05) is 12.2 Å². The van der Waals surface area contributed by atoms with Gasteiger partial charge in [-0.2, -0.15) is 3.96 Å². The highest BCUT2D eigenvalue weighted by Crippen LogP contribution is 2.12. The Balaban J connectivity index is 2.08. The molecule has 0 saturated carbocycles. The molecule has 0 aliphatic rings. The van der Waals surface area contributed by atoms with Gasteiger partial charge in [0.2, 0.25) is 0 Å². The Kier molecular flexibility index (Phi) is 4.89. The van der Waals surface area contributed by atoms with Crippen molar-refractivity contribution in [1.82, 2.24) is 14.3 Å². The number of carbonyl (C=O) groups excluding carboxylic acids is 1. The summed E-state index contributed by atoms with van der Waals surface area (Å²) in [5, 5.41) is 3.36. The molecule has 0 fully saturated rings. The maximum absolute atomic E-state index is 12.1. The Morgan fingerprint density at radius 1 is 1.50 bits per heavy atom. The minimum absolute atomic E-state index is 0.0686. The van der Waals surface area contributed by atoms with Gasteiger partial charge >= 0.3 is 6.03 Å². The van der Waals surface area contributed by atoms with Crippen LogP contribution in [-0.2, 0) is 0 Å². The van der Waals surface area contributed by atoms with Crippen LogP contribution in [0.15, 0.2) is 23.1 Å². The van der Waals surface area contributed by atoms with Gasteiger partial charge in [0.05, 0.1) is 5.39 Å². The summed E-state index contributed by atoms with van der Waals surface area (Å²) >= 11 is 1.08. The van der Waals surface area contributed by atoms with E-state index in [1.165, 1.54) is 0 Å². The number of pyridine rings is 1. The summed E-state index contributed by atoms with van der Waals surface area (Å²) < 4.78 is 1.15. The number of nitrogens with one attached hydrogen (secondary N) is 1. The number of rotatable bonds is 5. The summed E-state index contributed by atoms with van der Waals surface area (Å²) in [5.74, 6) is 0. The van der Waals surface area contributed by atoms with Crippen molar-refractivity contribution in [2.45, 2.75) is 45.6 Å². The summed E-state index contributed by atoms with van der Waals surface area (Å²) in [6.07, 6.45) is 5.95. The normalized spacial score (nSPS) is 12.5. The first-order valence-electron chi connectivity index (χ1n) is 6.91. The van der Waals surface area contributed by atoms with Gasteiger partial charge in [0.25, 0.3) is 5.56 Å². The average molecular weight is 293 g/mol. The van der Waals surface area contributed by atoms with Crippen LogP contribution in [-0.4, -0.2) is 21.0 Å². The first kappa shape index (κ1) is 14.7. The topological polar surface area (TPSA) is 64.0 Å². The molecule has 0 aliphatic heterocycles. The first-order chi connectivity index (χ1) is 9.63. The van der Waals surface area contributed by atoms with Crippen molar-refractivity contribution in [1.29, 1.82) is 0 Å². The van der Waals surface area contributed by atoms with Crippen LogP contribution in [0.5, 0.6) is 0 Å². The van der Waals surface area contributed by atoms with Crippen molar-refractivity contribution in [3.05, 3.63) is 28.7 Å². The lowest BCUT2D eigenvalue weighted by Gasteiger charge is -2.12. The molecule has 108 valence electrons. The van der Waals surface area contributed by atoms with Crippen LogP contribution in [0.3, 0.4) is 0 Å². The molecule has 1 N–H and O–H groups in total. The molecule has 0 spiro atoms. The van der Waals surface area contributed by atoms with E-state index < -0.39 is 0 Å². The van der Waals surface area contributed by atoms with E-state index in [9.17, 15) is 9.59 Å². The highest BCUT2D eigenvalue weighted by molar-refractivity contribution is 7.14. The summed E-state index contributed by atoms with van der Waals surface area (Å²) in [6, 6.07) is 3.10. The predicted octanol–water partition coefficient (Wildman–Crippen LogP) is 2.98. The summed E-state index contributed by atoms with van der Waals surface area (Å²) in [5.41, 5.74) is -0.295. The first-order valence-corrected chi connectivity index (χ1v) is 7.68. The van der Waals surface area contributed by atoms with Gasteiger partial charge in [-0.1, -0.05) is 26.2 Å². The Morgan fingerprint density at radius 2 is 2.30 bits per heavy atom. The number of carbonyl (C=O) groups is 1. The molecule has 6 heteroatoms. The van der Waals surface area contributed by atoms with Crippen molar-refractivity contribution < 1.29 is 4.79 Å². The van der Waals surface area contributed by atoms with Crippen LogP contribution >= 0.6 is 11.5 Å². The average Bonchev–Trinajstić information content (AvgIpc) is 2.77. The summed E-state index contributed by atoms with van der Waals surface area (Å²) in [4.78, 5) is 28.9. The number of aromatic nitrogens is 2. The molecule has 0 aromatic carbocycles. The molecule has 2 rings (SSSR count). The van der Waals surface area contributed by atoms with Gasteiger partial charge < -0.3 is 5.32 Å². The minimum atomic E-state index is -0.359. The van der Waals surface area contributed by atoms with E-state index in [1.54, 1.807) is 18.3 Å². The zero-order chi connectivity index (χ0) is 14.5. The second kappa shape index (κ2) is 6.65. The number of unbranched alkanes of at least 4 members (excludes halogenated alkanes) is 2. The molecule has 2 heterocycles. The maximum Gasteiger partial charge on any atom is 0.338 e. The number of hydrogen-bond donors (Lipinski definition) is 1. The van der Waals surface area contributed by atoms with E-state index in [1.807, 2.05) is 6.92 Å². The van der Waals surface area contributed by atoms with Crippen molar-refractivity contribution in [3.8, 4) is 0 Å². The summed E-state index contributed by atoms with van der Waals surface area (Å²) in [6.45, 7) is 4.11. The molecule has 0 aliphatic carbocycles. The monoisotopic (exact) mass is 293 g/mol. The van der Waals surface area contributed by atoms with Crippen molar-refractivity contribution >= 4 is 27.8 Å². The van der Waals surface area contributed by atoms with Crippen LogP contribution in [0.4, 0.5) is 4.79 Å². The fraction of sp³-hybridized carbons (Fsp3) is 0.500. The Bertz CT molecular complexity index is 647. The van der Waals surface area contributed by atoms with Crippen molar-refractivity contribution in [2.24, 2.45) is 0 Å². The molecule has 2 aromatic rings. The van der Waals surface area contributed by atoms with Crippen LogP contribution < -0.4 is 10.9 Å². The molecule has 2 aromatic heterocycles. The molecule has 20 heavy (non-hydrogen) atoms. The Labute approximate surface area is 121 Å². The van der Waals surface area contributed by atoms with E-state index >= 15 is 0 Å². The van der Waals surface area contributed by atoms with Gasteiger partial charge in [0.15, 0.2) is 0 Å². The molecular formula is C14H19N3O2S. The SMILES string of the molecule is CCCCCC(C)NC(=O)n1sc2ncccc2c1=O. The lowest BCUT2D eigenvalue weighted by molar-refractivity contribution is 0.240. The molecule has 5 nitrogen and oxygen atoms in total. The number of amides is 1. The zero-order valence-corrected chi connectivity index (χ0v) is 12.6. The second-order valence-electron chi connectivity index (χ2n) is 4.89. The molecule has 1 atom stereocenters. The fourth-order valence-electron chi connectivity index (χ4n) is 2.04. The third kappa shape index (κ3) is 3.25. The van der Waals surface area contributed by atoms with Crippen LogP contribution in [0.2, 0.25) is 0 Å². The third-order valence-electron chi connectivity index (χ3n) is 3.16. The molecule has 1 amide bonds. The van der Waals surface area contributed by atoms with Gasteiger partial charge in [-0.15, -0.1) is 0 Å². The predicted molar refractivity (Wildman–Crippen MR) is 81.4 cm³/mol. The smallest absolute Gasteiger partial charge is 0.334 e. The van der Waals surface area contributed by atoms with Crippen molar-refractivity contribution in [3.63, 3.8) is 0 Å². The van der Waals surface area contributed by atoms with Crippen LogP contribution in [0, 0.1) is 0 Å². The maximum atomic E-state index is 12.1. The van der Waals surface area contributed by atoms with Crippen LogP contribution in [0.25, 0.3) is 10.2 Å². The molecule has 1 unspecified atom stereocenters. The highest BCUT2D eigenvalue weighted by Gasteiger charge is 2.15. The van der Waals surface area contributed by atoms with E-state index in [4.69, 9.17) is 0 Å². The van der Waals surface area contributed by atoms with Gasteiger partial charge in [-0.3, -0.25) is 4.79 Å². The molecular weight excluding hydrogens is 274 g/mol. The minimum Gasteiger partial charge on any atom is -0.334 e. The number of nitrogens with zero attached hydrogens (tertiary/aromatic N) is 2. The second-order valence-corrected chi connectivity index (χ2v) is 5.83. The number of hydrogen-bond acceptors (Lipinski definition) is 4. The Morgan fingerprint density at radius 3 is 3.00 bits per heavy atom. The van der Waals surface area contributed by atoms with E-state index in [0.29, 0.717) is 10.2 Å². The van der Waals surface area contributed by atoms with E-state index in [2.05, 4.69) is 17.2 Å². The molecule has 0 bridgehead atoms. The van der Waals surface area contributed by atoms with Gasteiger partial charge in [-0.25, -0.2) is 9.78 Å². The Hall–Kier alpha value is -1.69. The zero-order valence-electron chi connectivity index (χ0n) is 11.8. The fourth-order valence-corrected chi connectivity index (χ4v) is 2.89. The molecule has 0 saturated heterocycles. The van der Waals surface area contributed by atoms with Gasteiger partial charge in [0.1, 0.15) is 4.83 Å². The standard InChI is InChI=1S/C14H19N3O2S/c1-3-4-5-7-10(2)16-14(19)17-13(18)11-8-6-9-15-12(11)20-17/h6,8-10H,3-5,7H2,1-2H3,(H,16,19).